The van der Waals surface area contributed by atoms with Crippen LogP contribution in [0.3, 0.4) is 0 Å². The number of halogens is 2. The topological polar surface area (TPSA) is 44.0 Å². The largest absolute Gasteiger partial charge is 0.508 e. The van der Waals surface area contributed by atoms with E-state index >= 15 is 0 Å². The summed E-state index contributed by atoms with van der Waals surface area (Å²) in [7, 11) is -1.58. The molecule has 2 aromatic carbocycles. The normalized spacial score (nSPS) is 10.6. The molecule has 0 atom stereocenters. The van der Waals surface area contributed by atoms with E-state index < -0.39 is 7.42 Å². The number of phenolic OH excluding ortho intramolecular Hbond substituents is 1. The minimum atomic E-state index is -1.58. The number of hydrogen-bond acceptors (Lipinski definition) is 2. The van der Waals surface area contributed by atoms with Gasteiger partial charge in [-0.15, -0.1) is 0 Å². The molecule has 0 saturated carbocycles. The third-order valence-electron chi connectivity index (χ3n) is 3.28. The lowest BCUT2D eigenvalue weighted by molar-refractivity contribution is 0.474. The molecule has 0 radical (unpaired) electrons. The second-order valence-corrected chi connectivity index (χ2v) is 10.0. The summed E-state index contributed by atoms with van der Waals surface area (Å²) in [6.45, 7) is 0. The van der Waals surface area contributed by atoms with Crippen molar-refractivity contribution in [1.29, 1.82) is 5.26 Å². The Balaban J connectivity index is 2.27. The van der Waals surface area contributed by atoms with Gasteiger partial charge < -0.3 is 5.11 Å². The lowest BCUT2D eigenvalue weighted by Crippen LogP contribution is -1.96. The van der Waals surface area contributed by atoms with Crippen LogP contribution in [-0.2, 0) is 6.42 Å². The molecule has 108 valence electrons. The van der Waals surface area contributed by atoms with Crippen molar-refractivity contribution in [3.63, 3.8) is 0 Å². The standard InChI is InChI=1S/C16H15Cl2NOSi/c17-21(18)9-1-2-14-10-15(20)7-8-16(14)13-5-3-12(11-19)4-6-13/h3-8,10,20-21H,1-2,9H2. The zero-order valence-electron chi connectivity index (χ0n) is 11.4. The van der Waals surface area contributed by atoms with Gasteiger partial charge in [0.2, 0.25) is 7.42 Å². The Kier molecular flexibility index (Phi) is 5.69. The van der Waals surface area contributed by atoms with Crippen LogP contribution in [-0.4, -0.2) is 12.5 Å². The summed E-state index contributed by atoms with van der Waals surface area (Å²) < 4.78 is 0. The summed E-state index contributed by atoms with van der Waals surface area (Å²) in [5, 5.41) is 18.5. The van der Waals surface area contributed by atoms with Gasteiger partial charge in [-0.25, -0.2) is 0 Å². The van der Waals surface area contributed by atoms with Crippen LogP contribution in [0.4, 0.5) is 0 Å². The molecule has 0 unspecified atom stereocenters. The first-order chi connectivity index (χ1) is 10.1. The molecular formula is C16H15Cl2NOSi. The smallest absolute Gasteiger partial charge is 0.237 e. The molecule has 0 aliphatic heterocycles. The first-order valence-electron chi connectivity index (χ1n) is 6.70. The van der Waals surface area contributed by atoms with Gasteiger partial charge in [-0.2, -0.15) is 27.4 Å². The maximum absolute atomic E-state index is 9.69. The molecule has 0 saturated heterocycles. The average Bonchev–Trinajstić information content (AvgIpc) is 2.47. The SMILES string of the molecule is N#Cc1ccc(-c2ccc(O)cc2CCC[SiH](Cl)Cl)cc1. The van der Waals surface area contributed by atoms with Gasteiger partial charge in [-0.3, -0.25) is 0 Å². The van der Waals surface area contributed by atoms with Crippen molar-refractivity contribution in [2.75, 3.05) is 0 Å². The molecule has 5 heteroatoms. The van der Waals surface area contributed by atoms with E-state index in [0.717, 1.165) is 35.6 Å². The van der Waals surface area contributed by atoms with E-state index in [4.69, 9.17) is 27.4 Å². The zero-order chi connectivity index (χ0) is 15.2. The van der Waals surface area contributed by atoms with Crippen molar-refractivity contribution >= 4 is 29.6 Å². The molecule has 0 aliphatic carbocycles. The molecule has 2 rings (SSSR count). The second-order valence-electron chi connectivity index (χ2n) is 4.81. The number of aryl methyl sites for hydroxylation is 1. The van der Waals surface area contributed by atoms with E-state index in [1.165, 1.54) is 0 Å². The lowest BCUT2D eigenvalue weighted by atomic mass is 9.96. The van der Waals surface area contributed by atoms with Gasteiger partial charge in [0.15, 0.2) is 0 Å². The van der Waals surface area contributed by atoms with Crippen LogP contribution in [0.1, 0.15) is 17.5 Å². The molecule has 0 amide bonds. The third-order valence-corrected chi connectivity index (χ3v) is 5.44. The van der Waals surface area contributed by atoms with Gasteiger partial charge in [0, 0.05) is 0 Å². The number of hydrogen-bond donors (Lipinski definition) is 1. The summed E-state index contributed by atoms with van der Waals surface area (Å²) in [5.41, 5.74) is 3.81. The van der Waals surface area contributed by atoms with Gasteiger partial charge in [-0.05, 0) is 59.8 Å². The summed E-state index contributed by atoms with van der Waals surface area (Å²) in [5.74, 6) is 0.257. The molecule has 0 bridgehead atoms. The van der Waals surface area contributed by atoms with Crippen LogP contribution >= 0.6 is 22.2 Å². The van der Waals surface area contributed by atoms with Gasteiger partial charge in [0.25, 0.3) is 0 Å². The van der Waals surface area contributed by atoms with Crippen molar-refractivity contribution in [2.24, 2.45) is 0 Å². The van der Waals surface area contributed by atoms with Crippen molar-refractivity contribution < 1.29 is 5.11 Å². The Morgan fingerprint density at radius 2 is 1.81 bits per heavy atom. The second kappa shape index (κ2) is 7.51. The highest BCUT2D eigenvalue weighted by atomic mass is 35.7. The number of phenols is 1. The van der Waals surface area contributed by atoms with Crippen molar-refractivity contribution in [1.82, 2.24) is 0 Å². The van der Waals surface area contributed by atoms with Crippen LogP contribution in [0, 0.1) is 11.3 Å². The molecule has 1 N–H and O–H groups in total. The highest BCUT2D eigenvalue weighted by Crippen LogP contribution is 2.29. The van der Waals surface area contributed by atoms with E-state index in [2.05, 4.69) is 6.07 Å². The predicted octanol–water partition coefficient (Wildman–Crippen LogP) is 4.56. The average molecular weight is 336 g/mol. The molecule has 0 heterocycles. The Bertz CT molecular complexity index is 650. The molecule has 2 nitrogen and oxygen atoms in total. The Morgan fingerprint density at radius 1 is 1.10 bits per heavy atom. The van der Waals surface area contributed by atoms with Crippen LogP contribution in [0.25, 0.3) is 11.1 Å². The maximum atomic E-state index is 9.69. The quantitative estimate of drug-likeness (QED) is 0.642. The minimum absolute atomic E-state index is 0.257. The van der Waals surface area contributed by atoms with E-state index in [-0.39, 0.29) is 5.75 Å². The zero-order valence-corrected chi connectivity index (χ0v) is 14.1. The number of nitriles is 1. The Morgan fingerprint density at radius 3 is 2.43 bits per heavy atom. The monoisotopic (exact) mass is 335 g/mol. The molecule has 0 aromatic heterocycles. The van der Waals surface area contributed by atoms with Crippen molar-refractivity contribution in [3.8, 4) is 22.9 Å². The van der Waals surface area contributed by atoms with Crippen LogP contribution in [0.15, 0.2) is 42.5 Å². The van der Waals surface area contributed by atoms with E-state index in [0.29, 0.717) is 5.56 Å². The molecule has 21 heavy (non-hydrogen) atoms. The van der Waals surface area contributed by atoms with Gasteiger partial charge in [-0.1, -0.05) is 18.2 Å². The Labute approximate surface area is 135 Å². The lowest BCUT2D eigenvalue weighted by Gasteiger charge is -2.11. The number of nitrogens with zero attached hydrogens (tertiary/aromatic N) is 1. The number of rotatable bonds is 5. The van der Waals surface area contributed by atoms with Gasteiger partial charge in [0.05, 0.1) is 11.6 Å². The summed E-state index contributed by atoms with van der Waals surface area (Å²) in [4.78, 5) is 0. The first kappa shape index (κ1) is 15.9. The minimum Gasteiger partial charge on any atom is -0.508 e. The van der Waals surface area contributed by atoms with Gasteiger partial charge >= 0.3 is 0 Å². The predicted molar refractivity (Wildman–Crippen MR) is 90.2 cm³/mol. The fraction of sp³-hybridized carbons (Fsp3) is 0.188. The highest BCUT2D eigenvalue weighted by Gasteiger charge is 2.08. The van der Waals surface area contributed by atoms with E-state index in [1.807, 2.05) is 18.2 Å². The van der Waals surface area contributed by atoms with E-state index in [9.17, 15) is 5.11 Å². The summed E-state index contributed by atoms with van der Waals surface area (Å²) in [6.07, 6.45) is 1.74. The number of benzene rings is 2. The molecule has 0 aliphatic rings. The molecular weight excluding hydrogens is 321 g/mol. The third kappa shape index (κ3) is 4.50. The fourth-order valence-corrected chi connectivity index (χ4v) is 3.68. The van der Waals surface area contributed by atoms with E-state index in [1.54, 1.807) is 24.3 Å². The summed E-state index contributed by atoms with van der Waals surface area (Å²) >= 11 is 11.8. The Hall–Kier alpha value is -1.47. The van der Waals surface area contributed by atoms with Crippen LogP contribution < -0.4 is 0 Å². The molecule has 2 aromatic rings. The summed E-state index contributed by atoms with van der Waals surface area (Å²) in [6, 6.07) is 15.8. The van der Waals surface area contributed by atoms with Crippen molar-refractivity contribution in [2.45, 2.75) is 18.9 Å². The van der Waals surface area contributed by atoms with Gasteiger partial charge in [0.1, 0.15) is 5.75 Å². The first-order valence-corrected chi connectivity index (χ1v) is 11.0. The highest BCUT2D eigenvalue weighted by molar-refractivity contribution is 7.33. The van der Waals surface area contributed by atoms with Crippen LogP contribution in [0.5, 0.6) is 5.75 Å². The molecule has 0 fully saturated rings. The molecule has 0 spiro atoms. The fourth-order valence-electron chi connectivity index (χ4n) is 2.24. The maximum Gasteiger partial charge on any atom is 0.237 e. The van der Waals surface area contributed by atoms with Crippen LogP contribution in [0.2, 0.25) is 6.04 Å². The number of aromatic hydroxyl groups is 1. The van der Waals surface area contributed by atoms with Crippen molar-refractivity contribution in [3.05, 3.63) is 53.6 Å².